The lowest BCUT2D eigenvalue weighted by Gasteiger charge is -2.32. The van der Waals surface area contributed by atoms with Crippen LogP contribution in [0.5, 0.6) is 0 Å². The molecule has 126 valence electrons. The van der Waals surface area contributed by atoms with Crippen molar-refractivity contribution < 1.29 is 9.53 Å². The van der Waals surface area contributed by atoms with Gasteiger partial charge in [-0.25, -0.2) is 0 Å². The molecule has 1 aromatic rings. The zero-order chi connectivity index (χ0) is 16.1. The van der Waals surface area contributed by atoms with E-state index >= 15 is 0 Å². The van der Waals surface area contributed by atoms with E-state index in [0.29, 0.717) is 6.54 Å². The largest absolute Gasteiger partial charge is 0.378 e. The first kappa shape index (κ1) is 16.5. The SMILES string of the molecule is NCCCOC1CCN(C(=O)c2ccc3c(c2)CCCC3)CC1. The number of amides is 1. The van der Waals surface area contributed by atoms with E-state index in [-0.39, 0.29) is 12.0 Å². The van der Waals surface area contributed by atoms with Gasteiger partial charge in [0.15, 0.2) is 0 Å². The Kier molecular flexibility index (Phi) is 5.68. The van der Waals surface area contributed by atoms with Gasteiger partial charge in [0.1, 0.15) is 0 Å². The number of likely N-dealkylation sites (tertiary alicyclic amines) is 1. The first-order valence-corrected chi connectivity index (χ1v) is 9.00. The molecule has 0 spiro atoms. The van der Waals surface area contributed by atoms with Crippen LogP contribution < -0.4 is 5.73 Å². The summed E-state index contributed by atoms with van der Waals surface area (Å²) in [6, 6.07) is 6.29. The molecule has 0 radical (unpaired) electrons. The predicted molar refractivity (Wildman–Crippen MR) is 91.6 cm³/mol. The van der Waals surface area contributed by atoms with E-state index in [1.807, 2.05) is 11.0 Å². The number of piperidine rings is 1. The highest BCUT2D eigenvalue weighted by Crippen LogP contribution is 2.24. The molecule has 1 saturated heterocycles. The smallest absolute Gasteiger partial charge is 0.253 e. The van der Waals surface area contributed by atoms with Crippen LogP contribution >= 0.6 is 0 Å². The van der Waals surface area contributed by atoms with Gasteiger partial charge in [0.25, 0.3) is 5.91 Å². The Balaban J connectivity index is 1.55. The molecule has 1 amide bonds. The van der Waals surface area contributed by atoms with Crippen LogP contribution in [0.1, 0.15) is 53.6 Å². The van der Waals surface area contributed by atoms with Gasteiger partial charge in [-0.05, 0) is 74.8 Å². The molecule has 3 rings (SSSR count). The predicted octanol–water partition coefficient (Wildman–Crippen LogP) is 2.54. The van der Waals surface area contributed by atoms with E-state index in [4.69, 9.17) is 10.5 Å². The topological polar surface area (TPSA) is 55.6 Å². The second-order valence-electron chi connectivity index (χ2n) is 6.70. The lowest BCUT2D eigenvalue weighted by molar-refractivity contribution is 0.00844. The fourth-order valence-corrected chi connectivity index (χ4v) is 3.61. The summed E-state index contributed by atoms with van der Waals surface area (Å²) in [6.45, 7) is 3.00. The van der Waals surface area contributed by atoms with E-state index in [1.165, 1.54) is 24.0 Å². The first-order chi connectivity index (χ1) is 11.3. The highest BCUT2D eigenvalue weighted by molar-refractivity contribution is 5.94. The summed E-state index contributed by atoms with van der Waals surface area (Å²) in [7, 11) is 0. The summed E-state index contributed by atoms with van der Waals surface area (Å²) in [5.74, 6) is 0.179. The van der Waals surface area contributed by atoms with Gasteiger partial charge in [0.2, 0.25) is 0 Å². The average Bonchev–Trinajstić information content (AvgIpc) is 2.61. The van der Waals surface area contributed by atoms with Crippen LogP contribution in [-0.4, -0.2) is 43.2 Å². The Bertz CT molecular complexity index is 536. The molecule has 1 aliphatic carbocycles. The molecule has 0 saturated carbocycles. The van der Waals surface area contributed by atoms with E-state index in [0.717, 1.165) is 57.4 Å². The maximum Gasteiger partial charge on any atom is 0.253 e. The van der Waals surface area contributed by atoms with E-state index in [1.54, 1.807) is 0 Å². The highest BCUT2D eigenvalue weighted by atomic mass is 16.5. The zero-order valence-corrected chi connectivity index (χ0v) is 13.9. The van der Waals surface area contributed by atoms with Crippen LogP contribution in [0.4, 0.5) is 0 Å². The van der Waals surface area contributed by atoms with Crippen LogP contribution in [0.2, 0.25) is 0 Å². The first-order valence-electron chi connectivity index (χ1n) is 9.00. The molecule has 0 aromatic heterocycles. The van der Waals surface area contributed by atoms with Crippen molar-refractivity contribution in [2.45, 2.75) is 51.0 Å². The van der Waals surface area contributed by atoms with Gasteiger partial charge >= 0.3 is 0 Å². The molecule has 0 atom stereocenters. The number of nitrogens with two attached hydrogens (primary N) is 1. The number of rotatable bonds is 5. The lowest BCUT2D eigenvalue weighted by atomic mass is 9.90. The monoisotopic (exact) mass is 316 g/mol. The van der Waals surface area contributed by atoms with E-state index in [2.05, 4.69) is 12.1 Å². The number of hydrogen-bond acceptors (Lipinski definition) is 3. The minimum Gasteiger partial charge on any atom is -0.378 e. The quantitative estimate of drug-likeness (QED) is 0.849. The van der Waals surface area contributed by atoms with Gasteiger partial charge < -0.3 is 15.4 Å². The number of carbonyl (C=O) groups is 1. The van der Waals surface area contributed by atoms with Gasteiger partial charge in [-0.3, -0.25) is 4.79 Å². The molecular formula is C19H28N2O2. The Morgan fingerprint density at radius 3 is 2.65 bits per heavy atom. The van der Waals surface area contributed by atoms with Crippen LogP contribution in [0.3, 0.4) is 0 Å². The molecule has 1 heterocycles. The molecule has 1 fully saturated rings. The second-order valence-corrected chi connectivity index (χ2v) is 6.70. The number of fused-ring (bicyclic) bond motifs is 1. The molecular weight excluding hydrogens is 288 g/mol. The third kappa shape index (κ3) is 4.12. The van der Waals surface area contributed by atoms with Crippen molar-refractivity contribution in [3.05, 3.63) is 34.9 Å². The number of nitrogens with zero attached hydrogens (tertiary/aromatic N) is 1. The van der Waals surface area contributed by atoms with Crippen molar-refractivity contribution in [2.24, 2.45) is 5.73 Å². The Morgan fingerprint density at radius 1 is 1.17 bits per heavy atom. The standard InChI is InChI=1S/C19H28N2O2/c20-10-3-13-23-18-8-11-21(12-9-18)19(22)17-7-6-15-4-1-2-5-16(15)14-17/h6-7,14,18H,1-5,8-13,20H2. The van der Waals surface area contributed by atoms with Crippen LogP contribution in [0.25, 0.3) is 0 Å². The van der Waals surface area contributed by atoms with Crippen LogP contribution in [-0.2, 0) is 17.6 Å². The van der Waals surface area contributed by atoms with Crippen LogP contribution in [0, 0.1) is 0 Å². The summed E-state index contributed by atoms with van der Waals surface area (Å²) in [4.78, 5) is 14.7. The molecule has 4 heteroatoms. The van der Waals surface area contributed by atoms with Gasteiger partial charge in [-0.1, -0.05) is 6.07 Å². The summed E-state index contributed by atoms with van der Waals surface area (Å²) in [6.07, 6.45) is 7.86. The lowest BCUT2D eigenvalue weighted by Crippen LogP contribution is -2.41. The number of aryl methyl sites for hydroxylation is 2. The zero-order valence-electron chi connectivity index (χ0n) is 13.9. The van der Waals surface area contributed by atoms with Crippen molar-refractivity contribution in [3.63, 3.8) is 0 Å². The minimum absolute atomic E-state index is 0.179. The molecule has 1 aromatic carbocycles. The number of carbonyl (C=O) groups excluding carboxylic acids is 1. The summed E-state index contributed by atoms with van der Waals surface area (Å²) in [5, 5.41) is 0. The van der Waals surface area contributed by atoms with Crippen molar-refractivity contribution in [2.75, 3.05) is 26.2 Å². The third-order valence-corrected chi connectivity index (χ3v) is 5.03. The average molecular weight is 316 g/mol. The Morgan fingerprint density at radius 2 is 1.91 bits per heavy atom. The fraction of sp³-hybridized carbons (Fsp3) is 0.632. The maximum atomic E-state index is 12.7. The normalized spacial score (nSPS) is 18.7. The summed E-state index contributed by atoms with van der Waals surface area (Å²) < 4.78 is 5.81. The summed E-state index contributed by atoms with van der Waals surface area (Å²) >= 11 is 0. The second kappa shape index (κ2) is 7.93. The highest BCUT2D eigenvalue weighted by Gasteiger charge is 2.24. The van der Waals surface area contributed by atoms with Gasteiger partial charge in [-0.2, -0.15) is 0 Å². The molecule has 2 N–H and O–H groups in total. The van der Waals surface area contributed by atoms with Crippen LogP contribution in [0.15, 0.2) is 18.2 Å². The van der Waals surface area contributed by atoms with Crippen molar-refractivity contribution >= 4 is 5.91 Å². The molecule has 1 aliphatic heterocycles. The Labute approximate surface area is 139 Å². The Hall–Kier alpha value is -1.39. The molecule has 0 bridgehead atoms. The van der Waals surface area contributed by atoms with E-state index in [9.17, 15) is 4.79 Å². The fourth-order valence-electron chi connectivity index (χ4n) is 3.61. The van der Waals surface area contributed by atoms with Crippen molar-refractivity contribution in [3.8, 4) is 0 Å². The van der Waals surface area contributed by atoms with Gasteiger partial charge in [0, 0.05) is 25.3 Å². The van der Waals surface area contributed by atoms with Crippen molar-refractivity contribution in [1.82, 2.24) is 4.90 Å². The van der Waals surface area contributed by atoms with Crippen molar-refractivity contribution in [1.29, 1.82) is 0 Å². The number of hydrogen-bond donors (Lipinski definition) is 1. The molecule has 0 unspecified atom stereocenters. The molecule has 2 aliphatic rings. The third-order valence-electron chi connectivity index (χ3n) is 5.03. The maximum absolute atomic E-state index is 12.7. The van der Waals surface area contributed by atoms with E-state index < -0.39 is 0 Å². The van der Waals surface area contributed by atoms with Gasteiger partial charge in [0.05, 0.1) is 6.10 Å². The molecule has 4 nitrogen and oxygen atoms in total. The minimum atomic E-state index is 0.179. The van der Waals surface area contributed by atoms with Gasteiger partial charge in [-0.15, -0.1) is 0 Å². The molecule has 23 heavy (non-hydrogen) atoms. The summed E-state index contributed by atoms with van der Waals surface area (Å²) in [5.41, 5.74) is 9.15. The number of ether oxygens (including phenoxy) is 1. The number of benzene rings is 1.